The summed E-state index contributed by atoms with van der Waals surface area (Å²) in [4.78, 5) is 27.9. The lowest BCUT2D eigenvalue weighted by molar-refractivity contribution is -0.139. The van der Waals surface area contributed by atoms with Gasteiger partial charge in [-0.25, -0.2) is 18.0 Å². The summed E-state index contributed by atoms with van der Waals surface area (Å²) in [5.74, 6) is 0. The van der Waals surface area contributed by atoms with Crippen molar-refractivity contribution >= 4 is 20.9 Å². The minimum atomic E-state index is -4.74. The van der Waals surface area contributed by atoms with Gasteiger partial charge >= 0.3 is 11.9 Å². The summed E-state index contributed by atoms with van der Waals surface area (Å²) in [6, 6.07) is 1.54. The summed E-state index contributed by atoms with van der Waals surface area (Å²) >= 11 is 0. The summed E-state index contributed by atoms with van der Waals surface area (Å²) in [5, 5.41) is -0.303. The molecule has 1 aromatic carbocycles. The van der Waals surface area contributed by atoms with Gasteiger partial charge in [-0.05, 0) is 24.6 Å². The number of methoxy groups -OCH3 is 1. The minimum absolute atomic E-state index is 0.173. The van der Waals surface area contributed by atoms with Gasteiger partial charge in [0.2, 0.25) is 10.0 Å². The topological polar surface area (TPSA) is 110 Å². The number of rotatable bonds is 4. The lowest BCUT2D eigenvalue weighted by Gasteiger charge is -2.18. The molecule has 0 aliphatic rings. The largest absolute Gasteiger partial charge is 0.416 e. The molecule has 1 aromatic heterocycles. The zero-order valence-corrected chi connectivity index (χ0v) is 14.1. The molecule has 12 heteroatoms. The molecule has 0 amide bonds. The van der Waals surface area contributed by atoms with Crippen LogP contribution in [0.3, 0.4) is 0 Å². The number of hydrogen-bond donors (Lipinski definition) is 2. The first-order chi connectivity index (χ1) is 11.3. The van der Waals surface area contributed by atoms with Gasteiger partial charge in [0.25, 0.3) is 5.56 Å². The molecular formula is C13H14F3N3O5S. The van der Waals surface area contributed by atoms with E-state index in [-0.39, 0.29) is 21.1 Å². The molecule has 0 saturated carbocycles. The monoisotopic (exact) mass is 381 g/mol. The van der Waals surface area contributed by atoms with Crippen LogP contribution in [0.25, 0.3) is 10.9 Å². The van der Waals surface area contributed by atoms with Gasteiger partial charge in [-0.15, -0.1) is 0 Å². The highest BCUT2D eigenvalue weighted by molar-refractivity contribution is 7.91. The molecule has 2 rings (SSSR count). The average molecular weight is 381 g/mol. The van der Waals surface area contributed by atoms with E-state index in [1.807, 2.05) is 0 Å². The number of nitrogens with zero attached hydrogens (tertiary/aromatic N) is 1. The number of H-pyrrole nitrogens is 1. The molecule has 1 atom stereocenters. The second-order valence-corrected chi connectivity index (χ2v) is 7.02. The number of benzene rings is 1. The van der Waals surface area contributed by atoms with Crippen LogP contribution in [-0.4, -0.2) is 31.4 Å². The normalized spacial score (nSPS) is 13.8. The molecule has 1 unspecified atom stereocenters. The van der Waals surface area contributed by atoms with Crippen molar-refractivity contribution < 1.29 is 26.3 Å². The van der Waals surface area contributed by atoms with Crippen LogP contribution < -0.4 is 16.1 Å². The van der Waals surface area contributed by atoms with Gasteiger partial charge in [-0.3, -0.25) is 4.79 Å². The van der Waals surface area contributed by atoms with Crippen LogP contribution in [0, 0.1) is 0 Å². The number of halogens is 3. The number of aromatic amines is 1. The van der Waals surface area contributed by atoms with E-state index in [0.29, 0.717) is 12.3 Å². The zero-order chi connectivity index (χ0) is 19.2. The summed E-state index contributed by atoms with van der Waals surface area (Å²) in [6.45, 7) is 1.36. The van der Waals surface area contributed by atoms with E-state index >= 15 is 0 Å². The molecule has 25 heavy (non-hydrogen) atoms. The molecule has 1 heterocycles. The standard InChI is InChI=1S/C13H14F3N3O5S/c1-6(24-2)7-4-8-10(5-9(7)13(14,15)16)17-12(21)19(11(8)20)18-25(3,22)23/h4-6,18H,1-3H3,(H,17,21). The van der Waals surface area contributed by atoms with Crippen molar-refractivity contribution in [2.24, 2.45) is 0 Å². The molecule has 138 valence electrons. The molecule has 8 nitrogen and oxygen atoms in total. The van der Waals surface area contributed by atoms with Gasteiger partial charge in [0.15, 0.2) is 0 Å². The van der Waals surface area contributed by atoms with Gasteiger partial charge in [0.05, 0.1) is 28.8 Å². The Morgan fingerprint density at radius 3 is 2.36 bits per heavy atom. The van der Waals surface area contributed by atoms with Gasteiger partial charge in [-0.2, -0.15) is 17.8 Å². The maximum absolute atomic E-state index is 13.3. The molecule has 0 spiro atoms. The van der Waals surface area contributed by atoms with Crippen LogP contribution >= 0.6 is 0 Å². The number of nitrogens with one attached hydrogen (secondary N) is 2. The molecule has 0 saturated heterocycles. The van der Waals surface area contributed by atoms with Gasteiger partial charge in [0, 0.05) is 7.11 Å². The van der Waals surface area contributed by atoms with Crippen LogP contribution in [0.2, 0.25) is 0 Å². The van der Waals surface area contributed by atoms with E-state index in [9.17, 15) is 31.2 Å². The van der Waals surface area contributed by atoms with E-state index in [1.54, 1.807) is 4.83 Å². The van der Waals surface area contributed by atoms with E-state index < -0.39 is 39.1 Å². The SMILES string of the molecule is COC(C)c1cc2c(=O)n(NS(C)(=O)=O)c(=O)[nH]c2cc1C(F)(F)F. The van der Waals surface area contributed by atoms with E-state index in [4.69, 9.17) is 4.74 Å². The van der Waals surface area contributed by atoms with Gasteiger partial charge in [0.1, 0.15) is 0 Å². The summed E-state index contributed by atoms with van der Waals surface area (Å²) in [5.41, 5.74) is -4.09. The maximum atomic E-state index is 13.3. The predicted octanol–water partition coefficient (Wildman–Crippen LogP) is 0.919. The van der Waals surface area contributed by atoms with Crippen molar-refractivity contribution in [3.63, 3.8) is 0 Å². The van der Waals surface area contributed by atoms with Crippen LogP contribution in [0.4, 0.5) is 13.2 Å². The maximum Gasteiger partial charge on any atom is 0.416 e. The smallest absolute Gasteiger partial charge is 0.377 e. The first-order valence-corrected chi connectivity index (χ1v) is 8.65. The Morgan fingerprint density at radius 1 is 1.28 bits per heavy atom. The Balaban J connectivity index is 2.90. The molecule has 2 N–H and O–H groups in total. The average Bonchev–Trinajstić information content (AvgIpc) is 2.47. The Bertz CT molecular complexity index is 1040. The summed E-state index contributed by atoms with van der Waals surface area (Å²) < 4.78 is 67.3. The first-order valence-electron chi connectivity index (χ1n) is 6.76. The molecule has 0 aliphatic carbocycles. The molecule has 2 aromatic rings. The number of fused-ring (bicyclic) bond motifs is 1. The fourth-order valence-electron chi connectivity index (χ4n) is 2.24. The highest BCUT2D eigenvalue weighted by Gasteiger charge is 2.35. The molecule has 0 aliphatic heterocycles. The van der Waals surface area contributed by atoms with Gasteiger partial charge in [-0.1, -0.05) is 0 Å². The van der Waals surface area contributed by atoms with Crippen LogP contribution in [0.5, 0.6) is 0 Å². The summed E-state index contributed by atoms with van der Waals surface area (Å²) in [7, 11) is -2.77. The van der Waals surface area contributed by atoms with Crippen molar-refractivity contribution in [1.29, 1.82) is 0 Å². The van der Waals surface area contributed by atoms with Gasteiger partial charge < -0.3 is 9.72 Å². The van der Waals surface area contributed by atoms with E-state index in [1.165, 1.54) is 14.0 Å². The van der Waals surface area contributed by atoms with Crippen molar-refractivity contribution in [3.05, 3.63) is 44.1 Å². The van der Waals surface area contributed by atoms with Crippen LogP contribution in [-0.2, 0) is 20.9 Å². The first kappa shape index (κ1) is 19.0. The Kier molecular flexibility index (Phi) is 4.70. The second-order valence-electron chi connectivity index (χ2n) is 5.29. The predicted molar refractivity (Wildman–Crippen MR) is 83.5 cm³/mol. The fraction of sp³-hybridized carbons (Fsp3) is 0.385. The number of alkyl halides is 3. The highest BCUT2D eigenvalue weighted by Crippen LogP contribution is 2.36. The Labute approximate surface area is 139 Å². The quantitative estimate of drug-likeness (QED) is 0.818. The molecule has 0 bridgehead atoms. The van der Waals surface area contributed by atoms with Crippen molar-refractivity contribution in [2.45, 2.75) is 19.2 Å². The van der Waals surface area contributed by atoms with Crippen molar-refractivity contribution in [3.8, 4) is 0 Å². The number of hydrogen-bond acceptors (Lipinski definition) is 5. The summed E-state index contributed by atoms with van der Waals surface area (Å²) in [6.07, 6.45) is -5.02. The third kappa shape index (κ3) is 3.85. The van der Waals surface area contributed by atoms with E-state index in [2.05, 4.69) is 4.98 Å². The fourth-order valence-corrected chi connectivity index (χ4v) is 2.74. The number of sulfonamides is 1. The number of ether oxygens (including phenoxy) is 1. The molecular weight excluding hydrogens is 367 g/mol. The zero-order valence-electron chi connectivity index (χ0n) is 13.3. The molecule has 0 radical (unpaired) electrons. The van der Waals surface area contributed by atoms with Crippen molar-refractivity contribution in [1.82, 2.24) is 9.66 Å². The van der Waals surface area contributed by atoms with Crippen LogP contribution in [0.1, 0.15) is 24.2 Å². The minimum Gasteiger partial charge on any atom is -0.377 e. The van der Waals surface area contributed by atoms with Crippen molar-refractivity contribution in [2.75, 3.05) is 18.2 Å². The lowest BCUT2D eigenvalue weighted by atomic mass is 10.00. The number of aromatic nitrogens is 2. The Hall–Kier alpha value is -2.34. The third-order valence-electron chi connectivity index (χ3n) is 3.42. The van der Waals surface area contributed by atoms with Crippen LogP contribution in [0.15, 0.2) is 21.7 Å². The lowest BCUT2D eigenvalue weighted by Crippen LogP contribution is -2.43. The third-order valence-corrected chi connectivity index (χ3v) is 3.94. The highest BCUT2D eigenvalue weighted by atomic mass is 32.2. The van der Waals surface area contributed by atoms with E-state index in [0.717, 1.165) is 6.07 Å². The Morgan fingerprint density at radius 2 is 1.88 bits per heavy atom. The second kappa shape index (κ2) is 6.19. The molecule has 0 fully saturated rings.